The van der Waals surface area contributed by atoms with E-state index in [0.29, 0.717) is 13.3 Å². The maximum Gasteiger partial charge on any atom is 0.308 e. The van der Waals surface area contributed by atoms with Crippen molar-refractivity contribution in [3.63, 3.8) is 0 Å². The Morgan fingerprint density at radius 1 is 1.29 bits per heavy atom. The lowest BCUT2D eigenvalue weighted by Gasteiger charge is -2.20. The Morgan fingerprint density at radius 3 is 2.24 bits per heavy atom. The molecule has 0 aliphatic rings. The lowest BCUT2D eigenvalue weighted by atomic mass is 10.1. The van der Waals surface area contributed by atoms with Crippen molar-refractivity contribution < 1.29 is 27.1 Å². The molecule has 0 radical (unpaired) electrons. The SMILES string of the molecule is CCC(C)C(=O)OCCC(F)(F)CC(C)(F)F. The van der Waals surface area contributed by atoms with Crippen LogP contribution in [-0.4, -0.2) is 24.4 Å². The second-order valence-electron chi connectivity index (χ2n) is 4.33. The van der Waals surface area contributed by atoms with E-state index in [1.54, 1.807) is 13.8 Å². The molecule has 0 bridgehead atoms. The fourth-order valence-electron chi connectivity index (χ4n) is 1.15. The van der Waals surface area contributed by atoms with Gasteiger partial charge in [0.15, 0.2) is 0 Å². The summed E-state index contributed by atoms with van der Waals surface area (Å²) in [4.78, 5) is 11.1. The van der Waals surface area contributed by atoms with Crippen LogP contribution < -0.4 is 0 Å². The summed E-state index contributed by atoms with van der Waals surface area (Å²) in [6.07, 6.45) is -1.86. The lowest BCUT2D eigenvalue weighted by molar-refractivity contribution is -0.152. The van der Waals surface area contributed by atoms with E-state index >= 15 is 0 Å². The molecule has 0 aliphatic heterocycles. The number of hydrogen-bond acceptors (Lipinski definition) is 2. The first kappa shape index (κ1) is 16.2. The van der Waals surface area contributed by atoms with Crippen molar-refractivity contribution in [2.75, 3.05) is 6.61 Å². The molecule has 17 heavy (non-hydrogen) atoms. The molecule has 2 nitrogen and oxygen atoms in total. The van der Waals surface area contributed by atoms with E-state index in [1.165, 1.54) is 0 Å². The first-order chi connectivity index (χ1) is 7.57. The van der Waals surface area contributed by atoms with Crippen LogP contribution in [0.25, 0.3) is 0 Å². The van der Waals surface area contributed by atoms with Gasteiger partial charge in [0.2, 0.25) is 0 Å². The Labute approximate surface area is 98.3 Å². The molecule has 0 aromatic heterocycles. The molecular weight excluding hydrogens is 240 g/mol. The number of rotatable bonds is 7. The molecule has 6 heteroatoms. The molecule has 0 aromatic carbocycles. The topological polar surface area (TPSA) is 26.3 Å². The van der Waals surface area contributed by atoms with Gasteiger partial charge in [0.05, 0.1) is 18.9 Å². The molecule has 1 atom stereocenters. The van der Waals surface area contributed by atoms with Crippen molar-refractivity contribution in [2.24, 2.45) is 5.92 Å². The average Bonchev–Trinajstić information content (AvgIpc) is 2.12. The van der Waals surface area contributed by atoms with Gasteiger partial charge in [0.25, 0.3) is 11.8 Å². The summed E-state index contributed by atoms with van der Waals surface area (Å²) in [5, 5.41) is 0. The van der Waals surface area contributed by atoms with Gasteiger partial charge in [-0.2, -0.15) is 0 Å². The average molecular weight is 258 g/mol. The van der Waals surface area contributed by atoms with Crippen molar-refractivity contribution in [2.45, 2.75) is 51.9 Å². The van der Waals surface area contributed by atoms with E-state index in [9.17, 15) is 22.4 Å². The van der Waals surface area contributed by atoms with E-state index in [4.69, 9.17) is 0 Å². The predicted octanol–water partition coefficient (Wildman–Crippen LogP) is 3.65. The summed E-state index contributed by atoms with van der Waals surface area (Å²) in [7, 11) is 0. The van der Waals surface area contributed by atoms with Crippen LogP contribution in [0, 0.1) is 5.92 Å². The van der Waals surface area contributed by atoms with E-state index in [0.717, 1.165) is 0 Å². The summed E-state index contributed by atoms with van der Waals surface area (Å²) >= 11 is 0. The number of hydrogen-bond donors (Lipinski definition) is 0. The van der Waals surface area contributed by atoms with Gasteiger partial charge in [-0.15, -0.1) is 0 Å². The molecule has 0 spiro atoms. The second-order valence-corrected chi connectivity index (χ2v) is 4.33. The van der Waals surface area contributed by atoms with E-state index < -0.39 is 37.3 Å². The molecule has 0 saturated heterocycles. The molecule has 0 amide bonds. The third-order valence-electron chi connectivity index (χ3n) is 2.30. The molecule has 0 saturated carbocycles. The van der Waals surface area contributed by atoms with Crippen molar-refractivity contribution in [3.8, 4) is 0 Å². The molecule has 0 aliphatic carbocycles. The summed E-state index contributed by atoms with van der Waals surface area (Å²) in [6.45, 7) is 3.27. The van der Waals surface area contributed by atoms with Crippen LogP contribution >= 0.6 is 0 Å². The van der Waals surface area contributed by atoms with Gasteiger partial charge in [-0.3, -0.25) is 4.79 Å². The van der Waals surface area contributed by atoms with Gasteiger partial charge < -0.3 is 4.74 Å². The van der Waals surface area contributed by atoms with Crippen LogP contribution in [0.4, 0.5) is 17.6 Å². The van der Waals surface area contributed by atoms with Crippen molar-refractivity contribution >= 4 is 5.97 Å². The van der Waals surface area contributed by atoms with Crippen LogP contribution in [0.15, 0.2) is 0 Å². The molecule has 0 N–H and O–H groups in total. The van der Waals surface area contributed by atoms with E-state index in [1.807, 2.05) is 0 Å². The first-order valence-electron chi connectivity index (χ1n) is 5.49. The summed E-state index contributed by atoms with van der Waals surface area (Å²) in [5.41, 5.74) is 0. The number of ether oxygens (including phenoxy) is 1. The van der Waals surface area contributed by atoms with E-state index in [2.05, 4.69) is 4.74 Å². The zero-order valence-electron chi connectivity index (χ0n) is 10.2. The van der Waals surface area contributed by atoms with Crippen LogP contribution in [0.5, 0.6) is 0 Å². The van der Waals surface area contributed by atoms with Crippen LogP contribution in [-0.2, 0) is 9.53 Å². The fraction of sp³-hybridized carbons (Fsp3) is 0.909. The highest BCUT2D eigenvalue weighted by molar-refractivity contribution is 5.71. The quantitative estimate of drug-likeness (QED) is 0.514. The van der Waals surface area contributed by atoms with Gasteiger partial charge in [0.1, 0.15) is 0 Å². The van der Waals surface area contributed by atoms with Gasteiger partial charge in [0, 0.05) is 6.42 Å². The molecule has 1 unspecified atom stereocenters. The zero-order chi connectivity index (χ0) is 13.7. The molecule has 0 aromatic rings. The Kier molecular flexibility index (Phi) is 5.92. The smallest absolute Gasteiger partial charge is 0.308 e. The zero-order valence-corrected chi connectivity index (χ0v) is 10.2. The van der Waals surface area contributed by atoms with Gasteiger partial charge in [-0.1, -0.05) is 13.8 Å². The maximum absolute atomic E-state index is 13.0. The second kappa shape index (κ2) is 6.21. The number of carbonyl (C=O) groups excluding carboxylic acids is 1. The number of halogens is 4. The normalized spacial score (nSPS) is 14.5. The number of carbonyl (C=O) groups is 1. The third-order valence-corrected chi connectivity index (χ3v) is 2.30. The highest BCUT2D eigenvalue weighted by Gasteiger charge is 2.39. The summed E-state index contributed by atoms with van der Waals surface area (Å²) < 4.78 is 55.3. The van der Waals surface area contributed by atoms with Crippen LogP contribution in [0.3, 0.4) is 0 Å². The monoisotopic (exact) mass is 258 g/mol. The van der Waals surface area contributed by atoms with Gasteiger partial charge in [-0.25, -0.2) is 17.6 Å². The fourth-order valence-corrected chi connectivity index (χ4v) is 1.15. The van der Waals surface area contributed by atoms with Gasteiger partial charge >= 0.3 is 5.97 Å². The minimum absolute atomic E-state index is 0.365. The Morgan fingerprint density at radius 2 is 1.82 bits per heavy atom. The Balaban J connectivity index is 3.99. The van der Waals surface area contributed by atoms with Crippen molar-refractivity contribution in [1.82, 2.24) is 0 Å². The standard InChI is InChI=1S/C11H18F4O2/c1-4-8(2)9(16)17-6-5-11(14,15)7-10(3,12)13/h8H,4-7H2,1-3H3. The Hall–Kier alpha value is -0.810. The Bertz CT molecular complexity index is 248. The van der Waals surface area contributed by atoms with Crippen LogP contribution in [0.1, 0.15) is 40.0 Å². The molecule has 102 valence electrons. The summed E-state index contributed by atoms with van der Waals surface area (Å²) in [5.74, 6) is -7.89. The predicted molar refractivity (Wildman–Crippen MR) is 55.2 cm³/mol. The number of esters is 1. The van der Waals surface area contributed by atoms with Gasteiger partial charge in [-0.05, 0) is 13.3 Å². The number of alkyl halides is 4. The van der Waals surface area contributed by atoms with Crippen LogP contribution in [0.2, 0.25) is 0 Å². The molecule has 0 fully saturated rings. The molecule has 0 rings (SSSR count). The lowest BCUT2D eigenvalue weighted by Crippen LogP contribution is -2.28. The minimum Gasteiger partial charge on any atom is -0.465 e. The highest BCUT2D eigenvalue weighted by atomic mass is 19.3. The highest BCUT2D eigenvalue weighted by Crippen LogP contribution is 2.32. The summed E-state index contributed by atoms with van der Waals surface area (Å²) in [6, 6.07) is 0. The largest absolute Gasteiger partial charge is 0.465 e. The van der Waals surface area contributed by atoms with E-state index in [-0.39, 0.29) is 5.92 Å². The molecule has 0 heterocycles. The third kappa shape index (κ3) is 7.99. The van der Waals surface area contributed by atoms with Crippen molar-refractivity contribution in [3.05, 3.63) is 0 Å². The minimum atomic E-state index is -3.52. The first-order valence-corrected chi connectivity index (χ1v) is 5.49. The molecular formula is C11H18F4O2. The van der Waals surface area contributed by atoms with Crippen molar-refractivity contribution in [1.29, 1.82) is 0 Å². The maximum atomic E-state index is 13.0.